The Morgan fingerprint density at radius 2 is 1.81 bits per heavy atom. The fourth-order valence-electron chi connectivity index (χ4n) is 3.36. The Balaban J connectivity index is 1.63. The summed E-state index contributed by atoms with van der Waals surface area (Å²) < 4.78 is 5.82. The van der Waals surface area contributed by atoms with Crippen molar-refractivity contribution >= 4 is 5.97 Å². The second-order valence-electron chi connectivity index (χ2n) is 7.11. The van der Waals surface area contributed by atoms with Gasteiger partial charge in [-0.1, -0.05) is 42.0 Å². The Labute approximate surface area is 155 Å². The minimum absolute atomic E-state index is 0.311. The molecule has 1 aliphatic heterocycles. The number of ether oxygens (including phenoxy) is 1. The van der Waals surface area contributed by atoms with Gasteiger partial charge in [-0.05, 0) is 49.4 Å². The average Bonchev–Trinajstić information content (AvgIpc) is 3.14. The third-order valence-electron chi connectivity index (χ3n) is 4.93. The zero-order valence-corrected chi connectivity index (χ0v) is 15.4. The number of hydrogen-bond donors (Lipinski definition) is 1. The number of aryl methyl sites for hydroxylation is 1. The van der Waals surface area contributed by atoms with Gasteiger partial charge in [0.15, 0.2) is 0 Å². The molecule has 1 unspecified atom stereocenters. The number of hydrogen-bond acceptors (Lipinski definition) is 3. The SMILES string of the molecule is Cc1ccc(CCN(Cc2ccc(C(=O)O)cc2)CC2CCCO2)cc1. The highest BCUT2D eigenvalue weighted by Gasteiger charge is 2.19. The minimum Gasteiger partial charge on any atom is -0.478 e. The first-order chi connectivity index (χ1) is 12.6. The Morgan fingerprint density at radius 3 is 2.42 bits per heavy atom. The van der Waals surface area contributed by atoms with Crippen LogP contribution in [0.1, 0.15) is 39.9 Å². The van der Waals surface area contributed by atoms with Crippen LogP contribution in [0, 0.1) is 6.92 Å². The van der Waals surface area contributed by atoms with E-state index in [0.717, 1.165) is 51.1 Å². The van der Waals surface area contributed by atoms with Crippen LogP contribution in [0.2, 0.25) is 0 Å². The van der Waals surface area contributed by atoms with Crippen molar-refractivity contribution in [3.63, 3.8) is 0 Å². The molecule has 4 heteroatoms. The number of carbonyl (C=O) groups is 1. The summed E-state index contributed by atoms with van der Waals surface area (Å²) in [6, 6.07) is 15.9. The van der Waals surface area contributed by atoms with E-state index in [9.17, 15) is 4.79 Å². The van der Waals surface area contributed by atoms with Gasteiger partial charge in [0, 0.05) is 26.2 Å². The molecule has 0 radical (unpaired) electrons. The second-order valence-corrected chi connectivity index (χ2v) is 7.11. The van der Waals surface area contributed by atoms with E-state index < -0.39 is 5.97 Å². The lowest BCUT2D eigenvalue weighted by Gasteiger charge is -2.25. The molecular weight excluding hydrogens is 326 g/mol. The summed E-state index contributed by atoms with van der Waals surface area (Å²) in [7, 11) is 0. The van der Waals surface area contributed by atoms with Crippen molar-refractivity contribution in [2.45, 2.75) is 38.8 Å². The summed E-state index contributed by atoms with van der Waals surface area (Å²) in [5.41, 5.74) is 4.09. The van der Waals surface area contributed by atoms with Gasteiger partial charge >= 0.3 is 5.97 Å². The fraction of sp³-hybridized carbons (Fsp3) is 0.409. The van der Waals surface area contributed by atoms with Gasteiger partial charge in [-0.15, -0.1) is 0 Å². The number of rotatable bonds is 8. The second kappa shape index (κ2) is 8.97. The summed E-state index contributed by atoms with van der Waals surface area (Å²) in [6.45, 7) is 5.67. The molecule has 3 rings (SSSR count). The van der Waals surface area contributed by atoms with Crippen molar-refractivity contribution < 1.29 is 14.6 Å². The quantitative estimate of drug-likeness (QED) is 0.781. The van der Waals surface area contributed by atoms with Gasteiger partial charge < -0.3 is 9.84 Å². The number of aromatic carboxylic acids is 1. The third kappa shape index (κ3) is 5.41. The summed E-state index contributed by atoms with van der Waals surface area (Å²) in [5, 5.41) is 9.05. The lowest BCUT2D eigenvalue weighted by Crippen LogP contribution is -2.33. The lowest BCUT2D eigenvalue weighted by molar-refractivity contribution is 0.0697. The maximum absolute atomic E-state index is 11.0. The molecule has 0 amide bonds. The van der Waals surface area contributed by atoms with Crippen LogP contribution < -0.4 is 0 Å². The van der Waals surface area contributed by atoms with Crippen LogP contribution in [0.25, 0.3) is 0 Å². The minimum atomic E-state index is -0.882. The zero-order chi connectivity index (χ0) is 18.4. The van der Waals surface area contributed by atoms with E-state index in [1.54, 1.807) is 12.1 Å². The molecule has 0 bridgehead atoms. The third-order valence-corrected chi connectivity index (χ3v) is 4.93. The van der Waals surface area contributed by atoms with Gasteiger partial charge in [0.2, 0.25) is 0 Å². The molecule has 0 aromatic heterocycles. The maximum atomic E-state index is 11.0. The van der Waals surface area contributed by atoms with E-state index in [-0.39, 0.29) is 0 Å². The van der Waals surface area contributed by atoms with Crippen LogP contribution in [0.3, 0.4) is 0 Å². The molecule has 1 fully saturated rings. The van der Waals surface area contributed by atoms with Gasteiger partial charge in [0.25, 0.3) is 0 Å². The topological polar surface area (TPSA) is 49.8 Å². The molecular formula is C22H27NO3. The summed E-state index contributed by atoms with van der Waals surface area (Å²) in [5.74, 6) is -0.882. The van der Waals surface area contributed by atoms with Crippen LogP contribution >= 0.6 is 0 Å². The highest BCUT2D eigenvalue weighted by molar-refractivity contribution is 5.87. The molecule has 0 spiro atoms. The molecule has 2 aromatic rings. The van der Waals surface area contributed by atoms with Crippen molar-refractivity contribution in [1.29, 1.82) is 0 Å². The van der Waals surface area contributed by atoms with Crippen molar-refractivity contribution in [2.75, 3.05) is 19.7 Å². The standard InChI is InChI=1S/C22H27NO3/c1-17-4-6-18(7-5-17)12-13-23(16-21-3-2-14-26-21)15-19-8-10-20(11-9-19)22(24)25/h4-11,21H,2-3,12-16H2,1H3,(H,24,25). The average molecular weight is 353 g/mol. The van der Waals surface area contributed by atoms with E-state index >= 15 is 0 Å². The maximum Gasteiger partial charge on any atom is 0.335 e. The number of benzene rings is 2. The Morgan fingerprint density at radius 1 is 1.12 bits per heavy atom. The van der Waals surface area contributed by atoms with E-state index in [1.807, 2.05) is 12.1 Å². The Kier molecular flexibility index (Phi) is 6.42. The van der Waals surface area contributed by atoms with Crippen LogP contribution in [-0.4, -0.2) is 41.8 Å². The summed E-state index contributed by atoms with van der Waals surface area (Å²) in [6.07, 6.45) is 3.58. The molecule has 4 nitrogen and oxygen atoms in total. The van der Waals surface area contributed by atoms with Crippen LogP contribution in [0.5, 0.6) is 0 Å². The first kappa shape index (κ1) is 18.6. The largest absolute Gasteiger partial charge is 0.478 e. The van der Waals surface area contributed by atoms with Gasteiger partial charge in [0.05, 0.1) is 11.7 Å². The molecule has 138 valence electrons. The highest BCUT2D eigenvalue weighted by atomic mass is 16.5. The molecule has 0 saturated carbocycles. The Hall–Kier alpha value is -2.17. The molecule has 26 heavy (non-hydrogen) atoms. The fourth-order valence-corrected chi connectivity index (χ4v) is 3.36. The molecule has 2 aromatic carbocycles. The molecule has 1 N–H and O–H groups in total. The van der Waals surface area contributed by atoms with Crippen LogP contribution in [0.15, 0.2) is 48.5 Å². The summed E-state index contributed by atoms with van der Waals surface area (Å²) >= 11 is 0. The lowest BCUT2D eigenvalue weighted by atomic mass is 10.1. The molecule has 1 saturated heterocycles. The number of nitrogens with zero attached hydrogens (tertiary/aromatic N) is 1. The van der Waals surface area contributed by atoms with E-state index in [4.69, 9.17) is 9.84 Å². The number of carboxylic acids is 1. The van der Waals surface area contributed by atoms with Gasteiger partial charge in [-0.2, -0.15) is 0 Å². The molecule has 1 aliphatic rings. The molecule has 1 heterocycles. The van der Waals surface area contributed by atoms with E-state index in [2.05, 4.69) is 36.1 Å². The van der Waals surface area contributed by atoms with E-state index in [0.29, 0.717) is 11.7 Å². The van der Waals surface area contributed by atoms with Gasteiger partial charge in [0.1, 0.15) is 0 Å². The highest BCUT2D eigenvalue weighted by Crippen LogP contribution is 2.16. The smallest absolute Gasteiger partial charge is 0.335 e. The first-order valence-corrected chi connectivity index (χ1v) is 9.32. The normalized spacial score (nSPS) is 16.9. The molecule has 1 atom stereocenters. The van der Waals surface area contributed by atoms with Crippen molar-refractivity contribution in [3.05, 3.63) is 70.8 Å². The van der Waals surface area contributed by atoms with E-state index in [1.165, 1.54) is 11.1 Å². The van der Waals surface area contributed by atoms with Crippen molar-refractivity contribution in [1.82, 2.24) is 4.90 Å². The zero-order valence-electron chi connectivity index (χ0n) is 15.4. The first-order valence-electron chi connectivity index (χ1n) is 9.32. The Bertz CT molecular complexity index is 703. The van der Waals surface area contributed by atoms with Gasteiger partial charge in [-0.3, -0.25) is 4.90 Å². The predicted molar refractivity (Wildman–Crippen MR) is 103 cm³/mol. The summed E-state index contributed by atoms with van der Waals surface area (Å²) in [4.78, 5) is 13.4. The van der Waals surface area contributed by atoms with Crippen LogP contribution in [-0.2, 0) is 17.7 Å². The predicted octanol–water partition coefficient (Wildman–Crippen LogP) is 3.92. The van der Waals surface area contributed by atoms with Crippen molar-refractivity contribution in [2.24, 2.45) is 0 Å². The number of carboxylic acid groups (broad SMARTS) is 1. The van der Waals surface area contributed by atoms with Crippen LogP contribution in [0.4, 0.5) is 0 Å². The van der Waals surface area contributed by atoms with Crippen molar-refractivity contribution in [3.8, 4) is 0 Å². The van der Waals surface area contributed by atoms with Gasteiger partial charge in [-0.25, -0.2) is 4.79 Å². The molecule has 0 aliphatic carbocycles. The monoisotopic (exact) mass is 353 g/mol.